The zero-order valence-corrected chi connectivity index (χ0v) is 23.0. The summed E-state index contributed by atoms with van der Waals surface area (Å²) >= 11 is 0. The van der Waals surface area contributed by atoms with Crippen LogP contribution in [0.5, 0.6) is 0 Å². The van der Waals surface area contributed by atoms with Gasteiger partial charge in [0.15, 0.2) is 6.21 Å². The van der Waals surface area contributed by atoms with Crippen LogP contribution in [0.25, 0.3) is 0 Å². The number of rotatable bonds is 25. The van der Waals surface area contributed by atoms with Gasteiger partial charge in [-0.25, -0.2) is 0 Å². The van der Waals surface area contributed by atoms with Gasteiger partial charge in [0.25, 0.3) is 0 Å². The normalized spacial score (nSPS) is 11.5. The highest BCUT2D eigenvalue weighted by Gasteiger charge is 2.25. The molecule has 0 atom stereocenters. The van der Waals surface area contributed by atoms with E-state index in [4.69, 9.17) is 14.9 Å². The molecule has 0 aliphatic heterocycles. The fourth-order valence-corrected chi connectivity index (χ4v) is 3.87. The molecule has 0 aliphatic carbocycles. The van der Waals surface area contributed by atoms with E-state index in [1.54, 1.807) is 6.21 Å². The van der Waals surface area contributed by atoms with Crippen molar-refractivity contribution in [2.75, 3.05) is 13.2 Å². The molecule has 0 aliphatic rings. The van der Waals surface area contributed by atoms with Crippen molar-refractivity contribution in [3.63, 3.8) is 0 Å². The van der Waals surface area contributed by atoms with Crippen molar-refractivity contribution in [1.29, 1.82) is 0 Å². The van der Waals surface area contributed by atoms with E-state index >= 15 is 0 Å². The molecule has 4 heteroatoms. The fraction of sp³-hybridized carbons (Fsp3) is 0.963. The maximum atomic E-state index is 5.94. The van der Waals surface area contributed by atoms with Crippen LogP contribution in [0.15, 0.2) is 0 Å². The molecule has 0 unspecified atom stereocenters. The molecule has 0 saturated carbocycles. The summed E-state index contributed by atoms with van der Waals surface area (Å²) in [5.74, 6) is -0.724. The summed E-state index contributed by atoms with van der Waals surface area (Å²) in [7, 11) is 0. The van der Waals surface area contributed by atoms with Gasteiger partial charge in [0.1, 0.15) is 0 Å². The van der Waals surface area contributed by atoms with E-state index in [1.165, 1.54) is 116 Å². The molecule has 0 aromatic heterocycles. The van der Waals surface area contributed by atoms with Crippen molar-refractivity contribution in [3.05, 3.63) is 0 Å². The molecular formula is C27H56BrNO2. The van der Waals surface area contributed by atoms with Crippen molar-refractivity contribution in [2.45, 2.75) is 155 Å². The lowest BCUT2D eigenvalue weighted by Gasteiger charge is -2.23. The maximum Gasteiger partial charge on any atom is 0.244 e. The van der Waals surface area contributed by atoms with Gasteiger partial charge in [-0.3, -0.25) is 5.41 Å². The minimum Gasteiger partial charge on any atom is -1.00 e. The highest BCUT2D eigenvalue weighted by atomic mass is 79.9. The molecular weight excluding hydrogens is 450 g/mol. The third kappa shape index (κ3) is 24.5. The second-order valence-electron chi connectivity index (χ2n) is 9.24. The van der Waals surface area contributed by atoms with Crippen LogP contribution in [0.3, 0.4) is 0 Å². The number of hydrogen-bond donors (Lipinski definition) is 1. The summed E-state index contributed by atoms with van der Waals surface area (Å²) < 4.78 is 11.9. The van der Waals surface area contributed by atoms with E-state index in [0.29, 0.717) is 0 Å². The lowest BCUT2D eigenvalue weighted by atomic mass is 10.1. The first-order chi connectivity index (χ1) is 14.7. The smallest absolute Gasteiger partial charge is 0.244 e. The predicted octanol–water partition coefficient (Wildman–Crippen LogP) is 4.41. The second-order valence-corrected chi connectivity index (χ2v) is 9.24. The largest absolute Gasteiger partial charge is 1.00 e. The van der Waals surface area contributed by atoms with E-state index in [-0.39, 0.29) is 17.0 Å². The number of unbranched alkanes of at least 4 members (excludes halogenated alkanes) is 18. The van der Waals surface area contributed by atoms with Crippen molar-refractivity contribution in [3.8, 4) is 0 Å². The molecule has 0 aromatic rings. The van der Waals surface area contributed by atoms with Crippen LogP contribution >= 0.6 is 0 Å². The Labute approximate surface area is 206 Å². The van der Waals surface area contributed by atoms with Crippen LogP contribution in [-0.4, -0.2) is 25.2 Å². The standard InChI is InChI=1S/C27H55NO2.BrH/c1-4-6-8-10-12-14-16-18-20-22-24-29-27(3,26-28)30-25-23-21-19-17-15-13-11-9-7-5-2;/h26,28H,4-25H2,1-3H3;1H. The summed E-state index contributed by atoms with van der Waals surface area (Å²) in [4.78, 5) is 0. The lowest BCUT2D eigenvalue weighted by Crippen LogP contribution is -3.00. The third-order valence-corrected chi connectivity index (χ3v) is 6.08. The van der Waals surface area contributed by atoms with Gasteiger partial charge in [-0.15, -0.1) is 0 Å². The minimum absolute atomic E-state index is 0. The molecule has 0 amide bonds. The van der Waals surface area contributed by atoms with Crippen molar-refractivity contribution < 1.29 is 31.9 Å². The Kier molecular flexibility index (Phi) is 28.2. The van der Waals surface area contributed by atoms with Gasteiger partial charge >= 0.3 is 0 Å². The monoisotopic (exact) mass is 505 g/mol. The van der Waals surface area contributed by atoms with E-state index in [2.05, 4.69) is 13.8 Å². The SMILES string of the molecule is CCCCCCCCCCCCOC(C)(C=[NH2+])OCCCCCCCCCCCC.[Br-]. The average Bonchev–Trinajstić information content (AvgIpc) is 2.76. The molecule has 0 spiro atoms. The van der Waals surface area contributed by atoms with E-state index < -0.39 is 5.79 Å². The van der Waals surface area contributed by atoms with Gasteiger partial charge in [-0.05, 0) is 19.8 Å². The highest BCUT2D eigenvalue weighted by molar-refractivity contribution is 5.59. The molecule has 31 heavy (non-hydrogen) atoms. The minimum atomic E-state index is -0.724. The Bertz CT molecular complexity index is 326. The summed E-state index contributed by atoms with van der Waals surface area (Å²) in [5, 5.41) is 5.79. The molecule has 3 nitrogen and oxygen atoms in total. The van der Waals surface area contributed by atoms with E-state index in [0.717, 1.165) is 26.1 Å². The summed E-state index contributed by atoms with van der Waals surface area (Å²) in [6, 6.07) is 0. The molecule has 0 fully saturated rings. The number of ether oxygens (including phenoxy) is 2. The predicted molar refractivity (Wildman–Crippen MR) is 132 cm³/mol. The summed E-state index contributed by atoms with van der Waals surface area (Å²) in [5.41, 5.74) is 0. The number of halogens is 1. The molecule has 2 N–H and O–H groups in total. The van der Waals surface area contributed by atoms with Gasteiger partial charge in [0, 0.05) is 0 Å². The van der Waals surface area contributed by atoms with Gasteiger partial charge in [0.2, 0.25) is 5.79 Å². The van der Waals surface area contributed by atoms with Crippen molar-refractivity contribution in [1.82, 2.24) is 0 Å². The quantitative estimate of drug-likeness (QED) is 0.113. The number of hydrogen-bond acceptors (Lipinski definition) is 2. The Balaban J connectivity index is 0. The van der Waals surface area contributed by atoms with Gasteiger partial charge < -0.3 is 26.5 Å². The average molecular weight is 507 g/mol. The van der Waals surface area contributed by atoms with Crippen molar-refractivity contribution >= 4 is 6.21 Å². The van der Waals surface area contributed by atoms with Gasteiger partial charge in [0.05, 0.1) is 13.2 Å². The van der Waals surface area contributed by atoms with Gasteiger partial charge in [-0.2, -0.15) is 0 Å². The van der Waals surface area contributed by atoms with Crippen molar-refractivity contribution in [2.24, 2.45) is 0 Å². The Morgan fingerprint density at radius 2 is 0.774 bits per heavy atom. The van der Waals surface area contributed by atoms with E-state index in [9.17, 15) is 0 Å². The second kappa shape index (κ2) is 26.3. The number of nitrogens with two attached hydrogens (primary N) is 1. The maximum absolute atomic E-state index is 5.94. The van der Waals surface area contributed by atoms with Crippen LogP contribution in [0.2, 0.25) is 0 Å². The van der Waals surface area contributed by atoms with Crippen LogP contribution in [0.4, 0.5) is 0 Å². The molecule has 0 radical (unpaired) electrons. The topological polar surface area (TPSA) is 44.0 Å². The fourth-order valence-electron chi connectivity index (χ4n) is 3.87. The van der Waals surface area contributed by atoms with Crippen LogP contribution in [0.1, 0.15) is 149 Å². The Morgan fingerprint density at radius 3 is 1.03 bits per heavy atom. The summed E-state index contributed by atoms with van der Waals surface area (Å²) in [6.07, 6.45) is 28.3. The van der Waals surface area contributed by atoms with E-state index in [1.807, 2.05) is 6.92 Å². The first-order valence-electron chi connectivity index (χ1n) is 13.5. The molecule has 0 rings (SSSR count). The molecule has 0 aromatic carbocycles. The summed E-state index contributed by atoms with van der Waals surface area (Å²) in [6.45, 7) is 7.97. The Morgan fingerprint density at radius 1 is 0.516 bits per heavy atom. The molecule has 188 valence electrons. The molecule has 0 heterocycles. The van der Waals surface area contributed by atoms with Gasteiger partial charge in [-0.1, -0.05) is 129 Å². The molecule has 0 bridgehead atoms. The third-order valence-electron chi connectivity index (χ3n) is 6.08. The zero-order chi connectivity index (χ0) is 22.2. The van der Waals surface area contributed by atoms with Crippen LogP contribution in [0, 0.1) is 0 Å². The first kappa shape index (κ1) is 33.2. The van der Waals surface area contributed by atoms with Crippen LogP contribution in [-0.2, 0) is 9.47 Å². The first-order valence-corrected chi connectivity index (χ1v) is 13.5. The molecule has 0 saturated heterocycles. The highest BCUT2D eigenvalue weighted by Crippen LogP contribution is 2.15. The van der Waals surface area contributed by atoms with Crippen LogP contribution < -0.4 is 22.4 Å². The Hall–Kier alpha value is 0.0700. The zero-order valence-electron chi connectivity index (χ0n) is 21.4. The lowest BCUT2D eigenvalue weighted by molar-refractivity contribution is -0.210.